The van der Waals surface area contributed by atoms with Crippen molar-refractivity contribution in [1.29, 1.82) is 0 Å². The highest BCUT2D eigenvalue weighted by atomic mass is 31.2. The molecule has 0 bridgehead atoms. The summed E-state index contributed by atoms with van der Waals surface area (Å²) in [4.78, 5) is 45.8. The average Bonchev–Trinajstić information content (AvgIpc) is 3.12. The Morgan fingerprint density at radius 2 is 1.04 bits per heavy atom. The summed E-state index contributed by atoms with van der Waals surface area (Å²) < 4.78 is 32.6. The molecule has 12 heteroatoms. The Morgan fingerprint density at radius 1 is 0.596 bits per heavy atom. The fourth-order valence-corrected chi connectivity index (χ4v) is 6.21. The number of carbonyl (C=O) groups excluding carboxylic acids is 2. The van der Waals surface area contributed by atoms with Crippen LogP contribution in [0, 0.1) is 0 Å². The summed E-state index contributed by atoms with van der Waals surface area (Å²) in [5.74, 6) is -2.39. The van der Waals surface area contributed by atoms with E-state index in [1.807, 2.05) is 0 Å². The van der Waals surface area contributed by atoms with Gasteiger partial charge in [-0.1, -0.05) is 154 Å². The molecule has 0 aromatic heterocycles. The summed E-state index contributed by atoms with van der Waals surface area (Å²) in [6.45, 7) is 2.74. The molecule has 0 spiro atoms. The Hall–Kier alpha value is -2.04. The number of aliphatic carboxylic acids is 1. The number of esters is 2. The van der Waals surface area contributed by atoms with Gasteiger partial charge in [-0.2, -0.15) is 0 Å². The van der Waals surface area contributed by atoms with Crippen molar-refractivity contribution < 1.29 is 47.5 Å². The van der Waals surface area contributed by atoms with E-state index in [1.165, 1.54) is 77.0 Å². The number of carbonyl (C=O) groups is 3. The first-order valence-corrected chi connectivity index (χ1v) is 21.9. The smallest absolute Gasteiger partial charge is 0.472 e. The predicted molar refractivity (Wildman–Crippen MR) is 208 cm³/mol. The molecule has 0 aliphatic heterocycles. The van der Waals surface area contributed by atoms with Gasteiger partial charge in [-0.25, -0.2) is 4.57 Å². The van der Waals surface area contributed by atoms with Crippen LogP contribution in [0.15, 0.2) is 24.3 Å². The molecule has 0 aliphatic rings. The minimum Gasteiger partial charge on any atom is -0.480 e. The van der Waals surface area contributed by atoms with Crippen LogP contribution in [-0.4, -0.2) is 59.9 Å². The first-order valence-electron chi connectivity index (χ1n) is 20.4. The summed E-state index contributed by atoms with van der Waals surface area (Å²) in [7, 11) is -4.71. The number of carboxylic acid groups (broad SMARTS) is 1. The normalized spacial score (nSPS) is 14.1. The topological polar surface area (TPSA) is 172 Å². The summed E-state index contributed by atoms with van der Waals surface area (Å²) in [5.41, 5.74) is 5.32. The molecular weight excluding hydrogens is 685 g/mol. The van der Waals surface area contributed by atoms with Crippen LogP contribution in [0.25, 0.3) is 0 Å². The van der Waals surface area contributed by atoms with Crippen LogP contribution < -0.4 is 5.73 Å². The van der Waals surface area contributed by atoms with Crippen molar-refractivity contribution in [2.75, 3.05) is 19.8 Å². The Morgan fingerprint density at radius 3 is 1.56 bits per heavy atom. The maximum absolute atomic E-state index is 12.6. The van der Waals surface area contributed by atoms with E-state index in [-0.39, 0.29) is 19.4 Å². The zero-order valence-corrected chi connectivity index (χ0v) is 33.5. The molecule has 3 unspecified atom stereocenters. The Labute approximate surface area is 315 Å². The van der Waals surface area contributed by atoms with Crippen LogP contribution in [0.2, 0.25) is 0 Å². The van der Waals surface area contributed by atoms with E-state index >= 15 is 0 Å². The van der Waals surface area contributed by atoms with Crippen molar-refractivity contribution in [2.45, 2.75) is 193 Å². The molecule has 0 aliphatic carbocycles. The first-order chi connectivity index (χ1) is 25.1. The van der Waals surface area contributed by atoms with Crippen molar-refractivity contribution >= 4 is 25.7 Å². The first kappa shape index (κ1) is 50.0. The van der Waals surface area contributed by atoms with Gasteiger partial charge in [-0.3, -0.25) is 23.4 Å². The summed E-state index contributed by atoms with van der Waals surface area (Å²) in [5, 5.41) is 8.87. The lowest BCUT2D eigenvalue weighted by Gasteiger charge is -2.20. The minimum atomic E-state index is -4.71. The second-order valence-electron chi connectivity index (χ2n) is 13.8. The number of phosphoric ester groups is 1. The summed E-state index contributed by atoms with van der Waals surface area (Å²) >= 11 is 0. The van der Waals surface area contributed by atoms with Gasteiger partial charge in [-0.15, -0.1) is 0 Å². The van der Waals surface area contributed by atoms with E-state index in [0.717, 1.165) is 64.2 Å². The maximum Gasteiger partial charge on any atom is 0.472 e. The van der Waals surface area contributed by atoms with E-state index in [0.29, 0.717) is 12.8 Å². The number of nitrogens with two attached hydrogens (primary N) is 1. The molecule has 0 radical (unpaired) electrons. The minimum absolute atomic E-state index is 0.147. The van der Waals surface area contributed by atoms with Crippen molar-refractivity contribution in [3.8, 4) is 0 Å². The zero-order valence-electron chi connectivity index (χ0n) is 32.7. The number of allylic oxidation sites excluding steroid dienone is 4. The number of unbranched alkanes of at least 4 members (excludes halogenated alkanes) is 20. The van der Waals surface area contributed by atoms with Crippen LogP contribution in [0.5, 0.6) is 0 Å². The monoisotopic (exact) mass is 760 g/mol. The second kappa shape index (κ2) is 36.0. The van der Waals surface area contributed by atoms with Gasteiger partial charge in [0.1, 0.15) is 12.6 Å². The highest BCUT2D eigenvalue weighted by Gasteiger charge is 2.28. The molecule has 3 atom stereocenters. The van der Waals surface area contributed by atoms with Crippen molar-refractivity contribution in [3.63, 3.8) is 0 Å². The molecule has 52 heavy (non-hydrogen) atoms. The van der Waals surface area contributed by atoms with Crippen LogP contribution in [-0.2, 0) is 37.5 Å². The number of phosphoric acid groups is 1. The van der Waals surface area contributed by atoms with Crippen LogP contribution >= 0.6 is 7.82 Å². The van der Waals surface area contributed by atoms with E-state index in [1.54, 1.807) is 0 Å². The molecule has 11 nitrogen and oxygen atoms in total. The fraction of sp³-hybridized carbons (Fsp3) is 0.825. The Bertz CT molecular complexity index is 989. The van der Waals surface area contributed by atoms with Gasteiger partial charge in [0.15, 0.2) is 6.10 Å². The standard InChI is InChI=1S/C40H74NO10P/c1-3-5-7-9-11-13-15-17-19-21-23-25-27-29-31-38(42)48-33-36(34-49-52(46,47)50-35-37(41)40(44)45)51-39(43)32-30-28-26-24-22-20-18-16-14-12-10-8-6-4-2/h10,12,16,18,36-37H,3-9,11,13-15,17,19-35,41H2,1-2H3,(H,44,45)(H,46,47)/b12-10-,18-16-. The quantitative estimate of drug-likeness (QED) is 0.0237. The van der Waals surface area contributed by atoms with Crippen LogP contribution in [0.4, 0.5) is 0 Å². The SMILES string of the molecule is CCCC/C=C\C/C=C\CCCCCCCC(=O)OC(COC(=O)CCCCCCCCCCCCCCCC)COP(=O)(O)OCC(N)C(=O)O. The van der Waals surface area contributed by atoms with Gasteiger partial charge in [0.25, 0.3) is 0 Å². The van der Waals surface area contributed by atoms with Crippen molar-refractivity contribution in [3.05, 3.63) is 24.3 Å². The lowest BCUT2D eigenvalue weighted by Crippen LogP contribution is -2.34. The number of ether oxygens (including phenoxy) is 2. The van der Waals surface area contributed by atoms with Gasteiger partial charge >= 0.3 is 25.7 Å². The van der Waals surface area contributed by atoms with Crippen molar-refractivity contribution in [2.24, 2.45) is 5.73 Å². The lowest BCUT2D eigenvalue weighted by atomic mass is 10.0. The van der Waals surface area contributed by atoms with Gasteiger partial charge in [0.05, 0.1) is 13.2 Å². The molecule has 0 rings (SSSR count). The molecule has 0 heterocycles. The van der Waals surface area contributed by atoms with Crippen molar-refractivity contribution in [1.82, 2.24) is 0 Å². The third-order valence-corrected chi connectivity index (χ3v) is 9.65. The zero-order chi connectivity index (χ0) is 38.5. The lowest BCUT2D eigenvalue weighted by molar-refractivity contribution is -0.161. The Balaban J connectivity index is 4.41. The second-order valence-corrected chi connectivity index (χ2v) is 15.2. The van der Waals surface area contributed by atoms with Gasteiger partial charge in [0.2, 0.25) is 0 Å². The third kappa shape index (κ3) is 35.0. The molecule has 0 amide bonds. The maximum atomic E-state index is 12.6. The highest BCUT2D eigenvalue weighted by Crippen LogP contribution is 2.43. The van der Waals surface area contributed by atoms with E-state index in [9.17, 15) is 23.8 Å². The number of hydrogen-bond donors (Lipinski definition) is 3. The summed E-state index contributed by atoms with van der Waals surface area (Å²) in [6.07, 6.45) is 35.2. The molecule has 4 N–H and O–H groups in total. The molecule has 0 fully saturated rings. The molecule has 0 aromatic rings. The fourth-order valence-electron chi connectivity index (χ4n) is 5.43. The highest BCUT2D eigenvalue weighted by molar-refractivity contribution is 7.47. The van der Waals surface area contributed by atoms with Crippen LogP contribution in [0.1, 0.15) is 181 Å². The number of hydrogen-bond acceptors (Lipinski definition) is 9. The average molecular weight is 760 g/mol. The van der Waals surface area contributed by atoms with Gasteiger partial charge in [0, 0.05) is 12.8 Å². The number of rotatable bonds is 38. The molecule has 0 saturated carbocycles. The molecule has 0 aromatic carbocycles. The molecule has 304 valence electrons. The number of carboxylic acids is 1. The molecular formula is C40H74NO10P. The van der Waals surface area contributed by atoms with Gasteiger partial charge < -0.3 is 25.2 Å². The predicted octanol–water partition coefficient (Wildman–Crippen LogP) is 10.3. The van der Waals surface area contributed by atoms with Crippen LogP contribution in [0.3, 0.4) is 0 Å². The van der Waals surface area contributed by atoms with E-state index in [2.05, 4.69) is 42.7 Å². The van der Waals surface area contributed by atoms with E-state index in [4.69, 9.17) is 24.8 Å². The Kier molecular flexibility index (Phi) is 34.6. The summed E-state index contributed by atoms with van der Waals surface area (Å²) in [6, 6.07) is -1.52. The van der Waals surface area contributed by atoms with E-state index < -0.39 is 51.1 Å². The molecule has 0 saturated heterocycles. The van der Waals surface area contributed by atoms with Gasteiger partial charge in [-0.05, 0) is 38.5 Å². The largest absolute Gasteiger partial charge is 0.480 e. The third-order valence-electron chi connectivity index (χ3n) is 8.70.